The molecular weight excluding hydrogens is 694 g/mol. The summed E-state index contributed by atoms with van der Waals surface area (Å²) in [5, 5.41) is 12.6. The molecule has 2 aliphatic carbocycles. The van der Waals surface area contributed by atoms with Crippen molar-refractivity contribution in [3.63, 3.8) is 0 Å². The van der Waals surface area contributed by atoms with Crippen molar-refractivity contribution in [2.75, 3.05) is 50.7 Å². The van der Waals surface area contributed by atoms with Crippen LogP contribution in [0.25, 0.3) is 0 Å². The fraction of sp³-hybridized carbons (Fsp3) is 0.444. The van der Waals surface area contributed by atoms with Gasteiger partial charge >= 0.3 is 0 Å². The molecule has 9 nitrogen and oxygen atoms in total. The van der Waals surface area contributed by atoms with Crippen LogP contribution in [0.1, 0.15) is 83.0 Å². The van der Waals surface area contributed by atoms with Crippen molar-refractivity contribution in [1.29, 1.82) is 0 Å². The van der Waals surface area contributed by atoms with E-state index in [9.17, 15) is 19.5 Å². The van der Waals surface area contributed by atoms with Gasteiger partial charge < -0.3 is 19.8 Å². The number of anilines is 1. The van der Waals surface area contributed by atoms with E-state index in [-0.39, 0.29) is 41.8 Å². The number of piperidine rings is 2. The number of amides is 3. The van der Waals surface area contributed by atoms with E-state index in [1.807, 2.05) is 24.3 Å². The first-order valence-corrected chi connectivity index (χ1v) is 20.2. The maximum atomic E-state index is 16.1. The fourth-order valence-corrected chi connectivity index (χ4v) is 10.3. The van der Waals surface area contributed by atoms with Gasteiger partial charge in [-0.05, 0) is 121 Å². The van der Waals surface area contributed by atoms with E-state index in [0.29, 0.717) is 36.1 Å². The quantitative estimate of drug-likeness (QED) is 0.276. The summed E-state index contributed by atoms with van der Waals surface area (Å²) >= 11 is 0. The molecule has 3 saturated heterocycles. The van der Waals surface area contributed by atoms with Gasteiger partial charge in [-0.3, -0.25) is 24.6 Å². The number of carbonyl (C=O) groups excluding carboxylic acids is 3. The molecule has 0 aromatic heterocycles. The number of fused-ring (bicyclic) bond motifs is 2. The third-order valence-corrected chi connectivity index (χ3v) is 13.2. The Morgan fingerprint density at radius 3 is 2.36 bits per heavy atom. The SMILES string of the molecule is O=C1CC[C@@H](N2Cc3cc(N4CCN(CC5CCN(C6=CCC([C@@H]7c8ccc(O)cc8CC[C@@H]7c7ccccc7)C=C6F)CC5)CC4)ccc3C2=O)C(=O)N1. The Labute approximate surface area is 322 Å². The van der Waals surface area contributed by atoms with E-state index in [2.05, 4.69) is 68.6 Å². The van der Waals surface area contributed by atoms with Crippen molar-refractivity contribution in [2.24, 2.45) is 11.8 Å². The van der Waals surface area contributed by atoms with Gasteiger partial charge in [0, 0.05) is 70.0 Å². The summed E-state index contributed by atoms with van der Waals surface area (Å²) in [4.78, 5) is 46.1. The monoisotopic (exact) mass is 743 g/mol. The van der Waals surface area contributed by atoms with E-state index < -0.39 is 6.04 Å². The number of hydrogen-bond acceptors (Lipinski definition) is 7. The molecule has 3 aromatic carbocycles. The lowest BCUT2D eigenvalue weighted by molar-refractivity contribution is -0.136. The maximum absolute atomic E-state index is 16.1. The summed E-state index contributed by atoms with van der Waals surface area (Å²) in [7, 11) is 0. The second-order valence-corrected chi connectivity index (χ2v) is 16.4. The summed E-state index contributed by atoms with van der Waals surface area (Å²) in [6.45, 7) is 6.92. The highest BCUT2D eigenvalue weighted by molar-refractivity contribution is 6.05. The van der Waals surface area contributed by atoms with Crippen LogP contribution in [0.15, 0.2) is 90.4 Å². The summed E-state index contributed by atoms with van der Waals surface area (Å²) < 4.78 is 16.1. The molecule has 2 N–H and O–H groups in total. The number of nitrogens with one attached hydrogen (secondary N) is 1. The minimum Gasteiger partial charge on any atom is -0.508 e. The number of halogens is 1. The van der Waals surface area contributed by atoms with Crippen molar-refractivity contribution in [2.45, 2.75) is 69.4 Å². The molecule has 0 spiro atoms. The number of phenolic OH excluding ortho intramolecular Hbond substituents is 1. The summed E-state index contributed by atoms with van der Waals surface area (Å²) in [5.41, 5.74) is 7.18. The smallest absolute Gasteiger partial charge is 0.255 e. The second-order valence-electron chi connectivity index (χ2n) is 16.4. The molecule has 4 heterocycles. The van der Waals surface area contributed by atoms with Gasteiger partial charge in [0.25, 0.3) is 5.91 Å². The molecule has 0 bridgehead atoms. The van der Waals surface area contributed by atoms with Crippen molar-refractivity contribution in [3.8, 4) is 5.75 Å². The van der Waals surface area contributed by atoms with Gasteiger partial charge in [0.15, 0.2) is 0 Å². The summed E-state index contributed by atoms with van der Waals surface area (Å²) in [6.07, 6.45) is 9.47. The lowest BCUT2D eigenvalue weighted by Crippen LogP contribution is -2.52. The maximum Gasteiger partial charge on any atom is 0.255 e. The predicted molar refractivity (Wildman–Crippen MR) is 209 cm³/mol. The number of phenols is 1. The van der Waals surface area contributed by atoms with Crippen LogP contribution in [0.3, 0.4) is 0 Å². The van der Waals surface area contributed by atoms with E-state index >= 15 is 4.39 Å². The first-order chi connectivity index (χ1) is 26.8. The molecule has 1 unspecified atom stereocenters. The van der Waals surface area contributed by atoms with Crippen molar-refractivity contribution in [3.05, 3.63) is 118 Å². The Hall–Kier alpha value is -4.96. The number of imide groups is 1. The third kappa shape index (κ3) is 7.05. The molecule has 3 amide bonds. The molecule has 3 fully saturated rings. The van der Waals surface area contributed by atoms with Crippen LogP contribution < -0.4 is 10.2 Å². The molecule has 10 heteroatoms. The highest BCUT2D eigenvalue weighted by Crippen LogP contribution is 2.50. The Kier molecular flexibility index (Phi) is 9.70. The van der Waals surface area contributed by atoms with Crippen LogP contribution in [0.5, 0.6) is 5.75 Å². The minimum absolute atomic E-state index is 0.0561. The van der Waals surface area contributed by atoms with Crippen LogP contribution in [0, 0.1) is 11.8 Å². The number of aryl methyl sites for hydroxylation is 1. The molecular formula is C45H50FN5O4. The minimum atomic E-state index is -0.602. The van der Waals surface area contributed by atoms with Gasteiger partial charge in [-0.25, -0.2) is 4.39 Å². The Balaban J connectivity index is 0.775. The summed E-state index contributed by atoms with van der Waals surface area (Å²) in [6, 6.07) is 21.8. The number of likely N-dealkylation sites (tertiary alicyclic amines) is 1. The molecule has 0 saturated carbocycles. The summed E-state index contributed by atoms with van der Waals surface area (Å²) in [5.74, 6) is 0.498. The van der Waals surface area contributed by atoms with Crippen molar-refractivity contribution < 1.29 is 23.9 Å². The average molecular weight is 744 g/mol. The van der Waals surface area contributed by atoms with Gasteiger partial charge in [0.1, 0.15) is 17.6 Å². The predicted octanol–water partition coefficient (Wildman–Crippen LogP) is 6.26. The van der Waals surface area contributed by atoms with Crippen molar-refractivity contribution in [1.82, 2.24) is 20.0 Å². The number of nitrogens with zero attached hydrogens (tertiary/aromatic N) is 4. The van der Waals surface area contributed by atoms with Gasteiger partial charge in [-0.15, -0.1) is 0 Å². The Morgan fingerprint density at radius 1 is 0.800 bits per heavy atom. The lowest BCUT2D eigenvalue weighted by Gasteiger charge is -2.42. The highest BCUT2D eigenvalue weighted by atomic mass is 19.1. The lowest BCUT2D eigenvalue weighted by atomic mass is 9.65. The second kappa shape index (κ2) is 14.9. The standard InChI is InChI=1S/C45H50FN5O4/c46-39-26-32(43-36(30-4-2-1-3-5-30)10-6-31-25-35(52)9-12-37(31)43)7-13-40(39)50-18-16-29(17-19-50)27-48-20-22-49(23-21-48)34-8-11-38-33(24-34)28-51(45(38)55)41-14-15-42(53)47-44(41)54/h1-5,8-9,11-13,24-26,29,32,36,41,43,52H,6-7,10,14-23,27-28H2,(H,47,53,54)/t32?,36-,41-,43+/m1/s1. The van der Waals surface area contributed by atoms with Crippen LogP contribution in [0.2, 0.25) is 0 Å². The number of allylic oxidation sites excluding steroid dienone is 3. The molecule has 55 heavy (non-hydrogen) atoms. The van der Waals surface area contributed by atoms with Crippen LogP contribution in [-0.4, -0.2) is 89.4 Å². The first kappa shape index (κ1) is 35.7. The van der Waals surface area contributed by atoms with Crippen LogP contribution >= 0.6 is 0 Å². The molecule has 3 aromatic rings. The van der Waals surface area contributed by atoms with Crippen LogP contribution in [-0.2, 0) is 22.6 Å². The van der Waals surface area contributed by atoms with Gasteiger partial charge in [0.2, 0.25) is 11.8 Å². The largest absolute Gasteiger partial charge is 0.508 e. The Bertz CT molecular complexity index is 2030. The number of benzene rings is 3. The zero-order valence-corrected chi connectivity index (χ0v) is 31.3. The molecule has 4 atom stereocenters. The van der Waals surface area contributed by atoms with Gasteiger partial charge in [-0.1, -0.05) is 42.5 Å². The van der Waals surface area contributed by atoms with E-state index in [4.69, 9.17) is 0 Å². The molecule has 6 aliphatic rings. The number of rotatable bonds is 7. The van der Waals surface area contributed by atoms with E-state index in [1.54, 1.807) is 11.0 Å². The number of carbonyl (C=O) groups is 3. The van der Waals surface area contributed by atoms with Gasteiger partial charge in [0.05, 0.1) is 5.70 Å². The molecule has 4 aliphatic heterocycles. The highest BCUT2D eigenvalue weighted by Gasteiger charge is 2.40. The molecule has 0 radical (unpaired) electrons. The fourth-order valence-electron chi connectivity index (χ4n) is 10.3. The normalized spacial score (nSPS) is 26.3. The Morgan fingerprint density at radius 2 is 1.60 bits per heavy atom. The van der Waals surface area contributed by atoms with E-state index in [0.717, 1.165) is 94.9 Å². The topological polar surface area (TPSA) is 96.4 Å². The van der Waals surface area contributed by atoms with Crippen LogP contribution in [0.4, 0.5) is 10.1 Å². The number of hydrogen-bond donors (Lipinski definition) is 2. The van der Waals surface area contributed by atoms with Gasteiger partial charge in [-0.2, -0.15) is 0 Å². The number of aromatic hydroxyl groups is 1. The first-order valence-electron chi connectivity index (χ1n) is 20.2. The van der Waals surface area contributed by atoms with Crippen molar-refractivity contribution >= 4 is 23.4 Å². The average Bonchev–Trinajstić information content (AvgIpc) is 3.53. The molecule has 9 rings (SSSR count). The molecule has 286 valence electrons. The zero-order chi connectivity index (χ0) is 37.6. The van der Waals surface area contributed by atoms with E-state index in [1.165, 1.54) is 16.7 Å². The third-order valence-electron chi connectivity index (χ3n) is 13.2. The number of piperazine rings is 1. The zero-order valence-electron chi connectivity index (χ0n) is 31.3.